The molecule has 0 spiro atoms. The molecule has 18 heavy (non-hydrogen) atoms. The van der Waals surface area contributed by atoms with Gasteiger partial charge in [-0.05, 0) is 37.9 Å². The largest absolute Gasteiger partial charge is 0.330 e. The lowest BCUT2D eigenvalue weighted by Crippen LogP contribution is -2.26. The number of unbranched alkanes of at least 4 members (excludes halogenated alkanes) is 1. The monoisotopic (exact) mass is 278 g/mol. The van der Waals surface area contributed by atoms with E-state index in [0.717, 1.165) is 6.07 Å². The molecule has 0 aliphatic rings. The maximum Gasteiger partial charge on any atom is 0.243 e. The van der Waals surface area contributed by atoms with E-state index in [9.17, 15) is 17.2 Å². The van der Waals surface area contributed by atoms with Crippen LogP contribution < -0.4 is 10.5 Å². The van der Waals surface area contributed by atoms with Crippen LogP contribution in [0, 0.1) is 18.6 Å². The van der Waals surface area contributed by atoms with E-state index < -0.39 is 26.6 Å². The second kappa shape index (κ2) is 6.21. The van der Waals surface area contributed by atoms with Crippen molar-refractivity contribution >= 4 is 10.0 Å². The van der Waals surface area contributed by atoms with Gasteiger partial charge in [-0.15, -0.1) is 0 Å². The highest BCUT2D eigenvalue weighted by atomic mass is 32.2. The predicted molar refractivity (Wildman–Crippen MR) is 64.6 cm³/mol. The third-order valence-electron chi connectivity index (χ3n) is 2.43. The zero-order valence-electron chi connectivity index (χ0n) is 10.0. The summed E-state index contributed by atoms with van der Waals surface area (Å²) in [5, 5.41) is 0. The normalized spacial score (nSPS) is 11.8. The summed E-state index contributed by atoms with van der Waals surface area (Å²) in [6.45, 7) is 2.02. The Morgan fingerprint density at radius 1 is 1.22 bits per heavy atom. The van der Waals surface area contributed by atoms with Crippen molar-refractivity contribution in [3.05, 3.63) is 29.3 Å². The average Bonchev–Trinajstić information content (AvgIpc) is 2.29. The second-order valence-corrected chi connectivity index (χ2v) is 5.66. The summed E-state index contributed by atoms with van der Waals surface area (Å²) < 4.78 is 52.3. The van der Waals surface area contributed by atoms with E-state index in [1.54, 1.807) is 0 Å². The Kier molecular flexibility index (Phi) is 5.18. The van der Waals surface area contributed by atoms with Gasteiger partial charge in [0.15, 0.2) is 0 Å². The highest BCUT2D eigenvalue weighted by Gasteiger charge is 2.20. The van der Waals surface area contributed by atoms with Crippen molar-refractivity contribution in [1.29, 1.82) is 0 Å². The van der Waals surface area contributed by atoms with E-state index >= 15 is 0 Å². The summed E-state index contributed by atoms with van der Waals surface area (Å²) in [4.78, 5) is -0.533. The van der Waals surface area contributed by atoms with Crippen LogP contribution in [0.4, 0.5) is 8.78 Å². The second-order valence-electron chi connectivity index (χ2n) is 3.93. The molecule has 0 atom stereocenters. The molecule has 0 fully saturated rings. The van der Waals surface area contributed by atoms with Crippen molar-refractivity contribution in [3.8, 4) is 0 Å². The number of rotatable bonds is 6. The van der Waals surface area contributed by atoms with Crippen LogP contribution in [-0.4, -0.2) is 21.5 Å². The van der Waals surface area contributed by atoms with Crippen LogP contribution >= 0.6 is 0 Å². The molecule has 7 heteroatoms. The average molecular weight is 278 g/mol. The van der Waals surface area contributed by atoms with Crippen LogP contribution in [0.5, 0.6) is 0 Å². The molecule has 0 aromatic heterocycles. The molecule has 0 saturated carbocycles. The first kappa shape index (κ1) is 15.0. The molecule has 0 aliphatic heterocycles. The Bertz CT molecular complexity index is 518. The number of hydrogen-bond donors (Lipinski definition) is 2. The van der Waals surface area contributed by atoms with Gasteiger partial charge in [0.1, 0.15) is 16.5 Å². The standard InChI is InChI=1S/C11H16F2N2O2S/c1-8-6-11(10(13)7-9(8)12)18(16,17)15-5-3-2-4-14/h6-7,15H,2-5,14H2,1H3. The van der Waals surface area contributed by atoms with E-state index in [-0.39, 0.29) is 12.1 Å². The van der Waals surface area contributed by atoms with Crippen LogP contribution in [0.1, 0.15) is 18.4 Å². The number of aryl methyl sites for hydroxylation is 1. The first-order chi connectivity index (χ1) is 8.38. The zero-order chi connectivity index (χ0) is 13.8. The summed E-state index contributed by atoms with van der Waals surface area (Å²) in [7, 11) is -3.94. The van der Waals surface area contributed by atoms with E-state index in [1.165, 1.54) is 6.92 Å². The van der Waals surface area contributed by atoms with Gasteiger partial charge in [-0.1, -0.05) is 0 Å². The minimum absolute atomic E-state index is 0.0822. The molecule has 4 nitrogen and oxygen atoms in total. The first-order valence-electron chi connectivity index (χ1n) is 5.54. The van der Waals surface area contributed by atoms with E-state index in [2.05, 4.69) is 4.72 Å². The molecule has 0 unspecified atom stereocenters. The lowest BCUT2D eigenvalue weighted by Gasteiger charge is -2.08. The fourth-order valence-corrected chi connectivity index (χ4v) is 2.61. The molecular weight excluding hydrogens is 262 g/mol. The van der Waals surface area contributed by atoms with Gasteiger partial charge >= 0.3 is 0 Å². The third kappa shape index (κ3) is 3.72. The summed E-state index contributed by atoms with van der Waals surface area (Å²) in [6.07, 6.45) is 1.24. The molecule has 0 amide bonds. The first-order valence-corrected chi connectivity index (χ1v) is 7.02. The molecule has 1 aromatic rings. The summed E-state index contributed by atoms with van der Waals surface area (Å²) in [5.41, 5.74) is 5.35. The minimum Gasteiger partial charge on any atom is -0.330 e. The van der Waals surface area contributed by atoms with Crippen molar-refractivity contribution in [2.75, 3.05) is 13.1 Å². The Labute approximate surface area is 105 Å². The Balaban J connectivity index is 2.88. The molecule has 0 saturated heterocycles. The predicted octanol–water partition coefficient (Wildman–Crippen LogP) is 1.29. The number of nitrogens with two attached hydrogens (primary N) is 1. The number of nitrogens with one attached hydrogen (secondary N) is 1. The maximum absolute atomic E-state index is 13.4. The molecule has 0 aliphatic carbocycles. The van der Waals surface area contributed by atoms with Gasteiger partial charge in [-0.2, -0.15) is 0 Å². The van der Waals surface area contributed by atoms with Crippen LogP contribution in [-0.2, 0) is 10.0 Å². The number of halogens is 2. The molecule has 0 bridgehead atoms. The van der Waals surface area contributed by atoms with Crippen molar-refractivity contribution in [1.82, 2.24) is 4.72 Å². The van der Waals surface area contributed by atoms with Gasteiger partial charge in [0, 0.05) is 12.6 Å². The number of hydrogen-bond acceptors (Lipinski definition) is 3. The number of benzene rings is 1. The highest BCUT2D eigenvalue weighted by molar-refractivity contribution is 7.89. The topological polar surface area (TPSA) is 72.2 Å². The molecule has 1 aromatic carbocycles. The fourth-order valence-electron chi connectivity index (χ4n) is 1.39. The molecule has 102 valence electrons. The van der Waals surface area contributed by atoms with Crippen molar-refractivity contribution in [3.63, 3.8) is 0 Å². The summed E-state index contributed by atoms with van der Waals surface area (Å²) >= 11 is 0. The van der Waals surface area contributed by atoms with Gasteiger partial charge in [0.05, 0.1) is 0 Å². The van der Waals surface area contributed by atoms with Crippen molar-refractivity contribution < 1.29 is 17.2 Å². The van der Waals surface area contributed by atoms with E-state index in [1.807, 2.05) is 0 Å². The molecule has 0 radical (unpaired) electrons. The van der Waals surface area contributed by atoms with Crippen LogP contribution in [0.25, 0.3) is 0 Å². The number of sulfonamides is 1. The Morgan fingerprint density at radius 3 is 2.50 bits per heavy atom. The summed E-state index contributed by atoms with van der Waals surface area (Å²) in [5.74, 6) is -1.86. The maximum atomic E-state index is 13.4. The quantitative estimate of drug-likeness (QED) is 0.770. The lowest BCUT2D eigenvalue weighted by atomic mass is 10.2. The van der Waals surface area contributed by atoms with Crippen LogP contribution in [0.15, 0.2) is 17.0 Å². The van der Waals surface area contributed by atoms with Gasteiger partial charge in [0.2, 0.25) is 10.0 Å². The lowest BCUT2D eigenvalue weighted by molar-refractivity contribution is 0.538. The van der Waals surface area contributed by atoms with Gasteiger partial charge in [0.25, 0.3) is 0 Å². The van der Waals surface area contributed by atoms with E-state index in [4.69, 9.17) is 5.73 Å². The molecular formula is C11H16F2N2O2S. The Morgan fingerprint density at radius 2 is 1.89 bits per heavy atom. The smallest absolute Gasteiger partial charge is 0.243 e. The zero-order valence-corrected chi connectivity index (χ0v) is 10.9. The van der Waals surface area contributed by atoms with Gasteiger partial charge in [-0.25, -0.2) is 21.9 Å². The molecule has 0 heterocycles. The molecule has 3 N–H and O–H groups in total. The minimum atomic E-state index is -3.94. The fraction of sp³-hybridized carbons (Fsp3) is 0.455. The SMILES string of the molecule is Cc1cc(S(=O)(=O)NCCCCN)c(F)cc1F. The van der Waals surface area contributed by atoms with Gasteiger partial charge < -0.3 is 5.73 Å². The Hall–Kier alpha value is -1.05. The molecule has 1 rings (SSSR count). The summed E-state index contributed by atoms with van der Waals surface area (Å²) in [6, 6.07) is 1.56. The van der Waals surface area contributed by atoms with Crippen LogP contribution in [0.3, 0.4) is 0 Å². The van der Waals surface area contributed by atoms with Crippen molar-refractivity contribution in [2.24, 2.45) is 5.73 Å². The van der Waals surface area contributed by atoms with Gasteiger partial charge in [-0.3, -0.25) is 0 Å². The third-order valence-corrected chi connectivity index (χ3v) is 3.90. The van der Waals surface area contributed by atoms with E-state index in [0.29, 0.717) is 25.5 Å². The van der Waals surface area contributed by atoms with Crippen molar-refractivity contribution in [2.45, 2.75) is 24.7 Å². The highest BCUT2D eigenvalue weighted by Crippen LogP contribution is 2.18. The van der Waals surface area contributed by atoms with Crippen LogP contribution in [0.2, 0.25) is 0 Å².